The number of hydrogen-bond acceptors (Lipinski definition) is 6. The second-order valence-electron chi connectivity index (χ2n) is 8.94. The number of aliphatic hydroxyl groups is 1. The number of nitrogens with one attached hydrogen (secondary N) is 1. The first-order valence-corrected chi connectivity index (χ1v) is 10.6. The van der Waals surface area contributed by atoms with E-state index in [9.17, 15) is 19.1 Å². The van der Waals surface area contributed by atoms with Crippen LogP contribution in [0.1, 0.15) is 40.2 Å². The SMILES string of the molecule is CCOc1ccc(-c2cn([C@H](C(=O)N3CC(O)CC3C(=O)NC)C(C)(C)C)nn2)cc1F. The number of likely N-dealkylation sites (tertiary alicyclic amines) is 1. The van der Waals surface area contributed by atoms with Crippen LogP contribution in [0.5, 0.6) is 5.75 Å². The molecule has 0 saturated carbocycles. The Labute approximate surface area is 186 Å². The molecule has 0 aliphatic carbocycles. The highest BCUT2D eigenvalue weighted by molar-refractivity contribution is 5.90. The molecular formula is C22H30FN5O4. The third kappa shape index (κ3) is 4.74. The molecule has 1 aromatic carbocycles. The summed E-state index contributed by atoms with van der Waals surface area (Å²) in [5, 5.41) is 20.9. The molecule has 0 spiro atoms. The van der Waals surface area contributed by atoms with Crippen molar-refractivity contribution in [2.45, 2.75) is 52.3 Å². The molecular weight excluding hydrogens is 417 g/mol. The summed E-state index contributed by atoms with van der Waals surface area (Å²) in [7, 11) is 1.50. The topological polar surface area (TPSA) is 110 Å². The number of likely N-dealkylation sites (N-methyl/N-ethyl adjacent to an activating group) is 1. The van der Waals surface area contributed by atoms with Crippen molar-refractivity contribution >= 4 is 11.8 Å². The van der Waals surface area contributed by atoms with E-state index in [-0.39, 0.29) is 30.5 Å². The summed E-state index contributed by atoms with van der Waals surface area (Å²) in [5.74, 6) is -1.02. The third-order valence-corrected chi connectivity index (χ3v) is 5.47. The number of amides is 2. The summed E-state index contributed by atoms with van der Waals surface area (Å²) in [6, 6.07) is 2.98. The molecule has 3 rings (SSSR count). The van der Waals surface area contributed by atoms with Crippen molar-refractivity contribution in [1.29, 1.82) is 0 Å². The van der Waals surface area contributed by atoms with Crippen molar-refractivity contribution < 1.29 is 23.8 Å². The second kappa shape index (κ2) is 9.23. The number of rotatable bonds is 6. The number of β-amino-alcohol motifs (C(OH)–C–C–N with tert-alkyl or cyclic N) is 1. The van der Waals surface area contributed by atoms with Crippen molar-refractivity contribution in [3.63, 3.8) is 0 Å². The van der Waals surface area contributed by atoms with Crippen molar-refractivity contribution in [1.82, 2.24) is 25.2 Å². The molecule has 9 nitrogen and oxygen atoms in total. The molecule has 0 radical (unpaired) electrons. The highest BCUT2D eigenvalue weighted by atomic mass is 19.1. The van der Waals surface area contributed by atoms with E-state index in [0.29, 0.717) is 17.9 Å². The van der Waals surface area contributed by atoms with E-state index in [0.717, 1.165) is 0 Å². The van der Waals surface area contributed by atoms with E-state index in [1.54, 1.807) is 19.2 Å². The standard InChI is InChI=1S/C22H30FN5O4/c1-6-32-18-8-7-13(9-15(18)23)16-12-28(26-25-16)19(22(2,3)4)21(31)27-11-14(29)10-17(27)20(30)24-5/h7-9,12,14,17,19,29H,6,10-11H2,1-5H3,(H,24,30)/t14?,17?,19-/m1/s1. The average molecular weight is 448 g/mol. The first-order valence-electron chi connectivity index (χ1n) is 10.6. The molecule has 174 valence electrons. The molecule has 0 bridgehead atoms. The Morgan fingerprint density at radius 1 is 1.38 bits per heavy atom. The van der Waals surface area contributed by atoms with Crippen molar-refractivity contribution in [3.8, 4) is 17.0 Å². The molecule has 1 fully saturated rings. The van der Waals surface area contributed by atoms with E-state index < -0.39 is 29.4 Å². The Bertz CT molecular complexity index is 987. The molecule has 1 aliphatic heterocycles. The fourth-order valence-corrected chi connectivity index (χ4v) is 3.98. The molecule has 2 N–H and O–H groups in total. The Balaban J connectivity index is 1.93. The van der Waals surface area contributed by atoms with Gasteiger partial charge in [0, 0.05) is 25.6 Å². The van der Waals surface area contributed by atoms with Gasteiger partial charge in [0.05, 0.1) is 18.9 Å². The van der Waals surface area contributed by atoms with Crippen LogP contribution < -0.4 is 10.1 Å². The van der Waals surface area contributed by atoms with E-state index in [1.807, 2.05) is 20.8 Å². The third-order valence-electron chi connectivity index (χ3n) is 5.47. The lowest BCUT2D eigenvalue weighted by atomic mass is 9.85. The summed E-state index contributed by atoms with van der Waals surface area (Å²) >= 11 is 0. The predicted octanol–water partition coefficient (Wildman–Crippen LogP) is 1.78. The zero-order chi connectivity index (χ0) is 23.6. The van der Waals surface area contributed by atoms with Crippen LogP contribution >= 0.6 is 0 Å². The molecule has 2 aromatic rings. The van der Waals surface area contributed by atoms with Gasteiger partial charge in [-0.3, -0.25) is 9.59 Å². The van der Waals surface area contributed by atoms with Crippen LogP contribution in [0.25, 0.3) is 11.3 Å². The van der Waals surface area contributed by atoms with Crippen LogP contribution in [-0.4, -0.2) is 69.2 Å². The number of nitrogens with zero attached hydrogens (tertiary/aromatic N) is 4. The van der Waals surface area contributed by atoms with Gasteiger partial charge in [-0.05, 0) is 30.5 Å². The van der Waals surface area contributed by atoms with Crippen LogP contribution in [0.15, 0.2) is 24.4 Å². The second-order valence-corrected chi connectivity index (χ2v) is 8.94. The molecule has 10 heteroatoms. The fraction of sp³-hybridized carbons (Fsp3) is 0.545. The van der Waals surface area contributed by atoms with Crippen molar-refractivity contribution in [2.24, 2.45) is 5.41 Å². The molecule has 2 heterocycles. The number of hydrogen-bond donors (Lipinski definition) is 2. The number of benzene rings is 1. The van der Waals surface area contributed by atoms with E-state index in [2.05, 4.69) is 15.6 Å². The highest BCUT2D eigenvalue weighted by Crippen LogP contribution is 2.35. The van der Waals surface area contributed by atoms with Gasteiger partial charge in [0.25, 0.3) is 0 Å². The maximum atomic E-state index is 14.3. The van der Waals surface area contributed by atoms with Crippen LogP contribution in [0, 0.1) is 11.2 Å². The lowest BCUT2D eigenvalue weighted by Gasteiger charge is -2.34. The van der Waals surface area contributed by atoms with Gasteiger partial charge in [0.15, 0.2) is 11.6 Å². The quantitative estimate of drug-likeness (QED) is 0.699. The van der Waals surface area contributed by atoms with Gasteiger partial charge < -0.3 is 20.1 Å². The largest absolute Gasteiger partial charge is 0.491 e. The summed E-state index contributed by atoms with van der Waals surface area (Å²) in [6.07, 6.45) is 0.987. The Morgan fingerprint density at radius 3 is 2.69 bits per heavy atom. The van der Waals surface area contributed by atoms with Crippen molar-refractivity contribution in [2.75, 3.05) is 20.2 Å². The lowest BCUT2D eigenvalue weighted by Crippen LogP contribution is -2.49. The zero-order valence-electron chi connectivity index (χ0n) is 19.0. The number of carbonyl (C=O) groups is 2. The molecule has 32 heavy (non-hydrogen) atoms. The van der Waals surface area contributed by atoms with Gasteiger partial charge in [0.2, 0.25) is 11.8 Å². The first-order chi connectivity index (χ1) is 15.1. The fourth-order valence-electron chi connectivity index (χ4n) is 3.98. The summed E-state index contributed by atoms with van der Waals surface area (Å²) in [5.41, 5.74) is 0.322. The van der Waals surface area contributed by atoms with Gasteiger partial charge in [0.1, 0.15) is 17.8 Å². The zero-order valence-corrected chi connectivity index (χ0v) is 19.0. The monoisotopic (exact) mass is 447 g/mol. The molecule has 1 aromatic heterocycles. The number of carbonyl (C=O) groups excluding carboxylic acids is 2. The summed E-state index contributed by atoms with van der Waals surface area (Å²) in [4.78, 5) is 27.2. The minimum Gasteiger partial charge on any atom is -0.491 e. The van der Waals surface area contributed by atoms with Gasteiger partial charge in [-0.25, -0.2) is 9.07 Å². The summed E-state index contributed by atoms with van der Waals surface area (Å²) < 4.78 is 21.0. The molecule has 3 atom stereocenters. The molecule has 2 unspecified atom stereocenters. The van der Waals surface area contributed by atoms with Gasteiger partial charge >= 0.3 is 0 Å². The normalized spacial score (nSPS) is 19.7. The highest BCUT2D eigenvalue weighted by Gasteiger charge is 2.45. The van der Waals surface area contributed by atoms with E-state index >= 15 is 0 Å². The van der Waals surface area contributed by atoms with Crippen molar-refractivity contribution in [3.05, 3.63) is 30.2 Å². The van der Waals surface area contributed by atoms with Gasteiger partial charge in [-0.15, -0.1) is 5.10 Å². The Morgan fingerprint density at radius 2 is 2.09 bits per heavy atom. The van der Waals surface area contributed by atoms with E-state index in [4.69, 9.17) is 4.74 Å². The molecule has 2 amide bonds. The van der Waals surface area contributed by atoms with Crippen LogP contribution in [-0.2, 0) is 9.59 Å². The maximum absolute atomic E-state index is 14.3. The van der Waals surface area contributed by atoms with E-state index in [1.165, 1.54) is 28.8 Å². The first kappa shape index (κ1) is 23.6. The Hall–Kier alpha value is -3.01. The number of ether oxygens (including phenoxy) is 1. The minimum atomic E-state index is -0.784. The van der Waals surface area contributed by atoms with Crippen LogP contribution in [0.4, 0.5) is 4.39 Å². The van der Waals surface area contributed by atoms with Crippen LogP contribution in [0.3, 0.4) is 0 Å². The Kier molecular flexibility index (Phi) is 6.82. The molecule has 1 aliphatic rings. The number of halogens is 1. The smallest absolute Gasteiger partial charge is 0.248 e. The van der Waals surface area contributed by atoms with Gasteiger partial charge in [-0.1, -0.05) is 26.0 Å². The lowest BCUT2D eigenvalue weighted by molar-refractivity contribution is -0.144. The minimum absolute atomic E-state index is 0.0646. The predicted molar refractivity (Wildman–Crippen MR) is 115 cm³/mol. The summed E-state index contributed by atoms with van der Waals surface area (Å²) in [6.45, 7) is 7.84. The number of aliphatic hydroxyl groups excluding tert-OH is 1. The molecule has 1 saturated heterocycles. The van der Waals surface area contributed by atoms with Crippen LogP contribution in [0.2, 0.25) is 0 Å². The number of aromatic nitrogens is 3. The maximum Gasteiger partial charge on any atom is 0.248 e. The van der Waals surface area contributed by atoms with Gasteiger partial charge in [-0.2, -0.15) is 0 Å². The average Bonchev–Trinajstić information content (AvgIpc) is 3.35.